The van der Waals surface area contributed by atoms with Gasteiger partial charge in [-0.25, -0.2) is 9.48 Å². The van der Waals surface area contributed by atoms with Gasteiger partial charge in [0.1, 0.15) is 5.75 Å². The lowest BCUT2D eigenvalue weighted by Gasteiger charge is -2.06. The number of nitrogens with two attached hydrogens (primary N) is 1. The topological polar surface area (TPSA) is 124 Å². The molecule has 28 heavy (non-hydrogen) atoms. The first-order valence-corrected chi connectivity index (χ1v) is 8.46. The number of hydrogen-bond donors (Lipinski definition) is 3. The number of aryl methyl sites for hydroxylation is 1. The maximum Gasteiger partial charge on any atom is 0.316 e. The van der Waals surface area contributed by atoms with E-state index in [0.29, 0.717) is 12.2 Å². The zero-order chi connectivity index (χ0) is 20.1. The van der Waals surface area contributed by atoms with Crippen LogP contribution < -0.4 is 21.1 Å². The van der Waals surface area contributed by atoms with Crippen LogP contribution in [0.25, 0.3) is 5.69 Å². The first kappa shape index (κ1) is 18.9. The number of urea groups is 1. The Balaban J connectivity index is 1.81. The van der Waals surface area contributed by atoms with E-state index < -0.39 is 11.9 Å². The number of benzene rings is 1. The van der Waals surface area contributed by atoms with E-state index in [-0.39, 0.29) is 11.4 Å². The summed E-state index contributed by atoms with van der Waals surface area (Å²) in [6.45, 7) is 2.14. The summed E-state index contributed by atoms with van der Waals surface area (Å²) in [4.78, 5) is 28.1. The van der Waals surface area contributed by atoms with Crippen molar-refractivity contribution >= 4 is 17.6 Å². The van der Waals surface area contributed by atoms with Crippen molar-refractivity contribution in [2.75, 3.05) is 12.4 Å². The van der Waals surface area contributed by atoms with Crippen molar-refractivity contribution < 1.29 is 14.3 Å². The zero-order valence-corrected chi connectivity index (χ0v) is 15.5. The van der Waals surface area contributed by atoms with Crippen molar-refractivity contribution in [1.82, 2.24) is 20.1 Å². The van der Waals surface area contributed by atoms with E-state index in [1.807, 2.05) is 31.2 Å². The third-order valence-electron chi connectivity index (χ3n) is 3.94. The standard InChI is InChI=1S/C19H20N6O3/c1-12-9-14(7-8-21-12)25-11-16(23-19(20)27)17(24-25)18(26)22-10-13-3-5-15(28-2)6-4-13/h3-9,11H,10H2,1-2H3,(H,22,26)(H3,20,23,27). The molecule has 0 aliphatic carbocycles. The summed E-state index contributed by atoms with van der Waals surface area (Å²) in [6.07, 6.45) is 3.17. The zero-order valence-electron chi connectivity index (χ0n) is 15.5. The second kappa shape index (κ2) is 8.21. The molecule has 3 aromatic rings. The van der Waals surface area contributed by atoms with Gasteiger partial charge in [0.05, 0.1) is 24.7 Å². The first-order valence-electron chi connectivity index (χ1n) is 8.46. The van der Waals surface area contributed by atoms with E-state index in [1.54, 1.807) is 25.4 Å². The van der Waals surface area contributed by atoms with Gasteiger partial charge in [0.25, 0.3) is 5.91 Å². The number of ether oxygens (including phenoxy) is 1. The Morgan fingerprint density at radius 1 is 1.21 bits per heavy atom. The van der Waals surface area contributed by atoms with Crippen molar-refractivity contribution in [3.05, 3.63) is 65.7 Å². The Labute approximate surface area is 161 Å². The number of primary amides is 1. The van der Waals surface area contributed by atoms with Gasteiger partial charge in [-0.1, -0.05) is 12.1 Å². The number of hydrogen-bond acceptors (Lipinski definition) is 5. The highest BCUT2D eigenvalue weighted by Gasteiger charge is 2.18. The molecule has 0 saturated heterocycles. The molecule has 0 atom stereocenters. The van der Waals surface area contributed by atoms with Crippen LogP contribution in [-0.4, -0.2) is 33.8 Å². The number of amides is 3. The smallest absolute Gasteiger partial charge is 0.316 e. The van der Waals surface area contributed by atoms with Crippen LogP contribution >= 0.6 is 0 Å². The first-order chi connectivity index (χ1) is 13.5. The van der Waals surface area contributed by atoms with Crippen LogP contribution in [0.2, 0.25) is 0 Å². The maximum atomic E-state index is 12.6. The minimum atomic E-state index is -0.783. The van der Waals surface area contributed by atoms with Gasteiger partial charge >= 0.3 is 6.03 Å². The highest BCUT2D eigenvalue weighted by molar-refractivity contribution is 6.01. The number of aromatic nitrogens is 3. The SMILES string of the molecule is COc1ccc(CNC(=O)c2nn(-c3ccnc(C)c3)cc2NC(N)=O)cc1. The number of carbonyl (C=O) groups excluding carboxylic acids is 2. The minimum absolute atomic E-state index is 0.0572. The summed E-state index contributed by atoms with van der Waals surface area (Å²) in [7, 11) is 1.59. The summed E-state index contributed by atoms with van der Waals surface area (Å²) in [5.41, 5.74) is 7.88. The highest BCUT2D eigenvalue weighted by atomic mass is 16.5. The molecule has 0 aliphatic heterocycles. The van der Waals surface area contributed by atoms with E-state index in [4.69, 9.17) is 10.5 Å². The van der Waals surface area contributed by atoms with Gasteiger partial charge in [0, 0.05) is 18.4 Å². The quantitative estimate of drug-likeness (QED) is 0.603. The van der Waals surface area contributed by atoms with Gasteiger partial charge in [-0.05, 0) is 36.8 Å². The fourth-order valence-electron chi connectivity index (χ4n) is 2.58. The maximum absolute atomic E-state index is 12.6. The largest absolute Gasteiger partial charge is 0.497 e. The molecule has 144 valence electrons. The predicted octanol–water partition coefficient (Wildman–Crippen LogP) is 2.00. The third-order valence-corrected chi connectivity index (χ3v) is 3.94. The van der Waals surface area contributed by atoms with Crippen molar-refractivity contribution in [2.45, 2.75) is 13.5 Å². The van der Waals surface area contributed by atoms with Crippen LogP contribution in [0.15, 0.2) is 48.8 Å². The van der Waals surface area contributed by atoms with Crippen LogP contribution in [0.3, 0.4) is 0 Å². The average Bonchev–Trinajstić information content (AvgIpc) is 3.09. The summed E-state index contributed by atoms with van der Waals surface area (Å²) < 4.78 is 6.60. The summed E-state index contributed by atoms with van der Waals surface area (Å²) >= 11 is 0. The van der Waals surface area contributed by atoms with E-state index in [1.165, 1.54) is 10.9 Å². The van der Waals surface area contributed by atoms with Gasteiger partial charge in [-0.3, -0.25) is 9.78 Å². The fourth-order valence-corrected chi connectivity index (χ4v) is 2.58. The van der Waals surface area contributed by atoms with Crippen LogP contribution in [-0.2, 0) is 6.54 Å². The third kappa shape index (κ3) is 4.44. The van der Waals surface area contributed by atoms with Gasteiger partial charge in [0.15, 0.2) is 5.69 Å². The molecule has 9 nitrogen and oxygen atoms in total. The normalized spacial score (nSPS) is 10.4. The molecule has 2 aromatic heterocycles. The molecule has 0 bridgehead atoms. The Kier molecular flexibility index (Phi) is 5.54. The molecule has 0 fully saturated rings. The molecule has 3 rings (SSSR count). The molecular weight excluding hydrogens is 360 g/mol. The summed E-state index contributed by atoms with van der Waals surface area (Å²) in [5, 5.41) is 9.52. The number of nitrogens with one attached hydrogen (secondary N) is 2. The Hall–Kier alpha value is -3.88. The second-order valence-corrected chi connectivity index (χ2v) is 6.01. The van der Waals surface area contributed by atoms with Gasteiger partial charge in [-0.15, -0.1) is 0 Å². The number of nitrogens with zero attached hydrogens (tertiary/aromatic N) is 3. The molecule has 0 aliphatic rings. The fraction of sp³-hybridized carbons (Fsp3) is 0.158. The van der Waals surface area contributed by atoms with Crippen LogP contribution in [0.4, 0.5) is 10.5 Å². The molecule has 2 heterocycles. The Bertz CT molecular complexity index is 997. The lowest BCUT2D eigenvalue weighted by Crippen LogP contribution is -2.26. The van der Waals surface area contributed by atoms with Crippen LogP contribution in [0, 0.1) is 6.92 Å². The molecule has 3 amide bonds. The van der Waals surface area contributed by atoms with Crippen molar-refractivity contribution in [1.29, 1.82) is 0 Å². The van der Waals surface area contributed by atoms with Gasteiger partial charge < -0.3 is 21.1 Å². The molecule has 0 saturated carbocycles. The molecule has 0 spiro atoms. The van der Waals surface area contributed by atoms with E-state index in [2.05, 4.69) is 20.7 Å². The van der Waals surface area contributed by atoms with E-state index in [0.717, 1.165) is 17.0 Å². The Morgan fingerprint density at radius 3 is 2.61 bits per heavy atom. The van der Waals surface area contributed by atoms with Gasteiger partial charge in [0.2, 0.25) is 0 Å². The number of methoxy groups -OCH3 is 1. The van der Waals surface area contributed by atoms with Crippen LogP contribution in [0.1, 0.15) is 21.7 Å². The number of anilines is 1. The molecule has 1 aromatic carbocycles. The molecule has 0 radical (unpaired) electrons. The summed E-state index contributed by atoms with van der Waals surface area (Å²) in [5.74, 6) is 0.290. The Morgan fingerprint density at radius 2 is 1.96 bits per heavy atom. The predicted molar refractivity (Wildman–Crippen MR) is 103 cm³/mol. The highest BCUT2D eigenvalue weighted by Crippen LogP contribution is 2.18. The van der Waals surface area contributed by atoms with Crippen molar-refractivity contribution in [3.63, 3.8) is 0 Å². The average molecular weight is 380 g/mol. The number of pyridine rings is 1. The van der Waals surface area contributed by atoms with E-state index in [9.17, 15) is 9.59 Å². The minimum Gasteiger partial charge on any atom is -0.497 e. The summed E-state index contributed by atoms with van der Waals surface area (Å²) in [6, 6.07) is 10.1. The molecular formula is C19H20N6O3. The van der Waals surface area contributed by atoms with Crippen LogP contribution in [0.5, 0.6) is 5.75 Å². The monoisotopic (exact) mass is 380 g/mol. The number of rotatable bonds is 6. The molecule has 4 N–H and O–H groups in total. The molecule has 0 unspecified atom stereocenters. The number of carbonyl (C=O) groups is 2. The van der Waals surface area contributed by atoms with Crippen molar-refractivity contribution in [2.24, 2.45) is 5.73 Å². The van der Waals surface area contributed by atoms with E-state index >= 15 is 0 Å². The lowest BCUT2D eigenvalue weighted by atomic mass is 10.2. The second-order valence-electron chi connectivity index (χ2n) is 6.01. The van der Waals surface area contributed by atoms with Crippen molar-refractivity contribution in [3.8, 4) is 11.4 Å². The lowest BCUT2D eigenvalue weighted by molar-refractivity contribution is 0.0946. The van der Waals surface area contributed by atoms with Gasteiger partial charge in [-0.2, -0.15) is 5.10 Å². The molecule has 9 heteroatoms.